The molecule has 0 saturated heterocycles. The molecule has 101 valence electrons. The van der Waals surface area contributed by atoms with Crippen LogP contribution < -0.4 is 0 Å². The SMILES string of the molecule is CCCCN(CCCC)Cc1c[c]cc(C)c1O. The molecule has 18 heavy (non-hydrogen) atoms. The van der Waals surface area contributed by atoms with E-state index in [0.29, 0.717) is 5.75 Å². The van der Waals surface area contributed by atoms with Gasteiger partial charge in [0.1, 0.15) is 5.75 Å². The van der Waals surface area contributed by atoms with E-state index in [1.54, 1.807) is 0 Å². The molecule has 1 N–H and O–H groups in total. The lowest BCUT2D eigenvalue weighted by atomic mass is 10.1. The van der Waals surface area contributed by atoms with Gasteiger partial charge in [-0.2, -0.15) is 0 Å². The van der Waals surface area contributed by atoms with E-state index >= 15 is 0 Å². The van der Waals surface area contributed by atoms with E-state index in [0.717, 1.165) is 30.8 Å². The minimum atomic E-state index is 0.437. The molecule has 0 aliphatic heterocycles. The summed E-state index contributed by atoms with van der Waals surface area (Å²) in [5.74, 6) is 0.437. The van der Waals surface area contributed by atoms with Crippen LogP contribution in [0.25, 0.3) is 0 Å². The van der Waals surface area contributed by atoms with Crippen molar-refractivity contribution in [1.29, 1.82) is 0 Å². The Morgan fingerprint density at radius 2 is 1.72 bits per heavy atom. The largest absolute Gasteiger partial charge is 0.507 e. The van der Waals surface area contributed by atoms with Crippen molar-refractivity contribution in [1.82, 2.24) is 4.90 Å². The van der Waals surface area contributed by atoms with Crippen molar-refractivity contribution in [3.8, 4) is 5.75 Å². The molecule has 0 saturated carbocycles. The highest BCUT2D eigenvalue weighted by Crippen LogP contribution is 2.22. The highest BCUT2D eigenvalue weighted by molar-refractivity contribution is 5.38. The van der Waals surface area contributed by atoms with Crippen molar-refractivity contribution in [3.63, 3.8) is 0 Å². The highest BCUT2D eigenvalue weighted by Gasteiger charge is 2.09. The number of unbranched alkanes of at least 4 members (excludes halogenated alkanes) is 2. The summed E-state index contributed by atoms with van der Waals surface area (Å²) in [4.78, 5) is 2.44. The predicted octanol–water partition coefficient (Wildman–Crippen LogP) is 3.90. The summed E-state index contributed by atoms with van der Waals surface area (Å²) in [6, 6.07) is 6.85. The molecule has 1 aromatic carbocycles. The van der Waals surface area contributed by atoms with E-state index in [1.807, 2.05) is 19.1 Å². The van der Waals surface area contributed by atoms with Gasteiger partial charge in [0.2, 0.25) is 0 Å². The molecule has 1 aromatic rings. The van der Waals surface area contributed by atoms with E-state index in [4.69, 9.17) is 0 Å². The third kappa shape index (κ3) is 4.69. The average Bonchev–Trinajstić information content (AvgIpc) is 2.38. The quantitative estimate of drug-likeness (QED) is 0.754. The van der Waals surface area contributed by atoms with Crippen LogP contribution in [0, 0.1) is 13.0 Å². The number of aryl methyl sites for hydroxylation is 1. The second-order valence-corrected chi connectivity index (χ2v) is 5.00. The van der Waals surface area contributed by atoms with Crippen LogP contribution in [0.1, 0.15) is 50.7 Å². The monoisotopic (exact) mass is 248 g/mol. The van der Waals surface area contributed by atoms with Crippen LogP contribution in [0.5, 0.6) is 5.75 Å². The molecule has 1 radical (unpaired) electrons. The molecular formula is C16H26NO. The van der Waals surface area contributed by atoms with Crippen LogP contribution in [-0.2, 0) is 6.54 Å². The van der Waals surface area contributed by atoms with Gasteiger partial charge in [-0.1, -0.05) is 26.7 Å². The first kappa shape index (κ1) is 15.0. The fourth-order valence-corrected chi connectivity index (χ4v) is 2.05. The molecule has 0 heterocycles. The zero-order chi connectivity index (χ0) is 13.4. The average molecular weight is 248 g/mol. The second kappa shape index (κ2) is 8.15. The summed E-state index contributed by atoms with van der Waals surface area (Å²) in [5.41, 5.74) is 1.92. The molecule has 2 heteroatoms. The number of rotatable bonds is 8. The van der Waals surface area contributed by atoms with Gasteiger partial charge in [-0.15, -0.1) is 0 Å². The molecule has 0 unspecified atom stereocenters. The van der Waals surface area contributed by atoms with Crippen molar-refractivity contribution in [2.75, 3.05) is 13.1 Å². The van der Waals surface area contributed by atoms with Gasteiger partial charge in [0.05, 0.1) is 0 Å². The highest BCUT2D eigenvalue weighted by atomic mass is 16.3. The number of phenols is 1. The predicted molar refractivity (Wildman–Crippen MR) is 76.8 cm³/mol. The maximum atomic E-state index is 10.1. The number of phenolic OH excluding ortho intramolecular Hbond substituents is 1. The standard InChI is InChI=1S/C16H26NO/c1-4-6-11-17(12-7-5-2)13-15-10-8-9-14(3)16(15)18/h9-10,18H,4-7,11-13H2,1-3H3. The van der Waals surface area contributed by atoms with Crippen molar-refractivity contribution < 1.29 is 5.11 Å². The molecule has 1 rings (SSSR count). The smallest absolute Gasteiger partial charge is 0.123 e. The van der Waals surface area contributed by atoms with Crippen LogP contribution >= 0.6 is 0 Å². The molecule has 0 aromatic heterocycles. The molecule has 2 nitrogen and oxygen atoms in total. The Bertz CT molecular complexity index is 341. The summed E-state index contributed by atoms with van der Waals surface area (Å²) in [6.07, 6.45) is 4.88. The third-order valence-corrected chi connectivity index (χ3v) is 3.28. The molecule has 0 aliphatic carbocycles. The minimum absolute atomic E-state index is 0.437. The lowest BCUT2D eigenvalue weighted by Crippen LogP contribution is -2.25. The Kier molecular flexibility index (Phi) is 6.81. The van der Waals surface area contributed by atoms with E-state index in [1.165, 1.54) is 25.7 Å². The number of hydrogen-bond donors (Lipinski definition) is 1. The summed E-state index contributed by atoms with van der Waals surface area (Å²) in [6.45, 7) is 9.43. The van der Waals surface area contributed by atoms with Crippen LogP contribution in [0.4, 0.5) is 0 Å². The Morgan fingerprint density at radius 3 is 2.28 bits per heavy atom. The maximum Gasteiger partial charge on any atom is 0.123 e. The van der Waals surface area contributed by atoms with Crippen LogP contribution in [-0.4, -0.2) is 23.1 Å². The van der Waals surface area contributed by atoms with Crippen molar-refractivity contribution in [3.05, 3.63) is 29.3 Å². The fraction of sp³-hybridized carbons (Fsp3) is 0.625. The first-order chi connectivity index (χ1) is 8.69. The Labute approximate surface area is 112 Å². The van der Waals surface area contributed by atoms with Gasteiger partial charge in [-0.25, -0.2) is 0 Å². The van der Waals surface area contributed by atoms with Crippen LogP contribution in [0.15, 0.2) is 12.1 Å². The Balaban J connectivity index is 2.65. The van der Waals surface area contributed by atoms with Gasteiger partial charge in [-0.3, -0.25) is 4.90 Å². The fourth-order valence-electron chi connectivity index (χ4n) is 2.05. The molecule has 0 spiro atoms. The van der Waals surface area contributed by atoms with E-state index < -0.39 is 0 Å². The molecule has 0 amide bonds. The molecule has 0 aliphatic rings. The first-order valence-electron chi connectivity index (χ1n) is 7.09. The van der Waals surface area contributed by atoms with E-state index in [2.05, 4.69) is 24.8 Å². The Morgan fingerprint density at radius 1 is 1.11 bits per heavy atom. The van der Waals surface area contributed by atoms with Gasteiger partial charge in [0.25, 0.3) is 0 Å². The summed E-state index contributed by atoms with van der Waals surface area (Å²) < 4.78 is 0. The summed E-state index contributed by atoms with van der Waals surface area (Å²) in [7, 11) is 0. The molecule has 0 fully saturated rings. The van der Waals surface area contributed by atoms with Gasteiger partial charge >= 0.3 is 0 Å². The van der Waals surface area contributed by atoms with Crippen LogP contribution in [0.2, 0.25) is 0 Å². The Hall–Kier alpha value is -1.02. The van der Waals surface area contributed by atoms with Crippen molar-refractivity contribution >= 4 is 0 Å². The molecule has 0 bridgehead atoms. The topological polar surface area (TPSA) is 23.5 Å². The third-order valence-electron chi connectivity index (χ3n) is 3.28. The van der Waals surface area contributed by atoms with Gasteiger partial charge in [0, 0.05) is 12.1 Å². The lowest BCUT2D eigenvalue weighted by Gasteiger charge is -2.22. The van der Waals surface area contributed by atoms with E-state index in [-0.39, 0.29) is 0 Å². The number of benzene rings is 1. The molecular weight excluding hydrogens is 222 g/mol. The summed E-state index contributed by atoms with van der Waals surface area (Å²) >= 11 is 0. The van der Waals surface area contributed by atoms with E-state index in [9.17, 15) is 5.11 Å². The normalized spacial score (nSPS) is 11.1. The van der Waals surface area contributed by atoms with Gasteiger partial charge in [0.15, 0.2) is 0 Å². The van der Waals surface area contributed by atoms with Crippen molar-refractivity contribution in [2.45, 2.75) is 53.0 Å². The number of hydrogen-bond acceptors (Lipinski definition) is 2. The zero-order valence-electron chi connectivity index (χ0n) is 12.0. The van der Waals surface area contributed by atoms with Crippen molar-refractivity contribution in [2.24, 2.45) is 0 Å². The minimum Gasteiger partial charge on any atom is -0.507 e. The van der Waals surface area contributed by atoms with Crippen LogP contribution in [0.3, 0.4) is 0 Å². The van der Waals surface area contributed by atoms with Gasteiger partial charge < -0.3 is 5.11 Å². The lowest BCUT2D eigenvalue weighted by molar-refractivity contribution is 0.253. The second-order valence-electron chi connectivity index (χ2n) is 5.00. The first-order valence-corrected chi connectivity index (χ1v) is 7.09. The van der Waals surface area contributed by atoms with Gasteiger partial charge in [-0.05, 0) is 56.6 Å². The molecule has 0 atom stereocenters. The summed E-state index contributed by atoms with van der Waals surface area (Å²) in [5, 5.41) is 10.1. The maximum absolute atomic E-state index is 10.1. The zero-order valence-corrected chi connectivity index (χ0v) is 12.0. The number of aromatic hydroxyl groups is 1. The number of nitrogens with zero attached hydrogens (tertiary/aromatic N) is 1.